The number of hydrogen-bond donors (Lipinski definition) is 0. The number of nitriles is 1. The van der Waals surface area contributed by atoms with Gasteiger partial charge in [-0.05, 0) is 98.6 Å². The van der Waals surface area contributed by atoms with Crippen LogP contribution >= 0.6 is 0 Å². The number of benzene rings is 6. The predicted octanol–water partition coefficient (Wildman–Crippen LogP) is 12.1. The normalized spacial score (nSPS) is 12.5. The first-order valence-electron chi connectivity index (χ1n) is 17.8. The standard InChI is InChI=1S/C49H34N4/c1-49(2)44-24-32(30-50)15-21-42(44)43-22-20-37(28-45(43)49)39-25-40(38-14-9-23-51-31-38)27-41(26-39)47-29-46(35-12-7-4-8-13-35)52-48(53-47)36-18-16-34(17-19-36)33-10-5-3-6-11-33/h3-29,31H,1-2H3. The van der Waals surface area contributed by atoms with E-state index in [1.807, 2.05) is 48.7 Å². The van der Waals surface area contributed by atoms with Gasteiger partial charge in [-0.3, -0.25) is 4.98 Å². The van der Waals surface area contributed by atoms with Crippen LogP contribution in [0.25, 0.3) is 78.4 Å². The Morgan fingerprint density at radius 3 is 1.68 bits per heavy atom. The first-order chi connectivity index (χ1) is 25.9. The van der Waals surface area contributed by atoms with Crippen molar-refractivity contribution in [3.05, 3.63) is 187 Å². The maximum atomic E-state index is 9.64. The zero-order chi connectivity index (χ0) is 35.9. The van der Waals surface area contributed by atoms with Crippen LogP contribution in [-0.2, 0) is 5.41 Å². The molecule has 9 rings (SSSR count). The van der Waals surface area contributed by atoms with Gasteiger partial charge < -0.3 is 0 Å². The fraction of sp³-hybridized carbons (Fsp3) is 0.0612. The van der Waals surface area contributed by atoms with Gasteiger partial charge in [0.2, 0.25) is 0 Å². The van der Waals surface area contributed by atoms with Crippen molar-refractivity contribution < 1.29 is 0 Å². The molecule has 0 atom stereocenters. The zero-order valence-electron chi connectivity index (χ0n) is 29.5. The molecular weight excluding hydrogens is 645 g/mol. The Hall–Kier alpha value is -6.96. The van der Waals surface area contributed by atoms with Crippen LogP contribution in [0.1, 0.15) is 30.5 Å². The fourth-order valence-electron chi connectivity index (χ4n) is 7.55. The van der Waals surface area contributed by atoms with E-state index in [1.54, 1.807) is 6.20 Å². The lowest BCUT2D eigenvalue weighted by Crippen LogP contribution is -2.15. The van der Waals surface area contributed by atoms with E-state index in [2.05, 4.69) is 140 Å². The van der Waals surface area contributed by atoms with Gasteiger partial charge in [-0.2, -0.15) is 5.26 Å². The largest absolute Gasteiger partial charge is 0.264 e. The minimum absolute atomic E-state index is 0.250. The molecule has 1 aliphatic carbocycles. The number of nitrogens with zero attached hydrogens (tertiary/aromatic N) is 4. The highest BCUT2D eigenvalue weighted by atomic mass is 14.9. The summed E-state index contributed by atoms with van der Waals surface area (Å²) in [6, 6.07) is 57.2. The average Bonchev–Trinajstić information content (AvgIpc) is 3.46. The molecule has 53 heavy (non-hydrogen) atoms. The summed E-state index contributed by atoms with van der Waals surface area (Å²) in [5.74, 6) is 0.670. The molecule has 0 aliphatic heterocycles. The Labute approximate surface area is 309 Å². The van der Waals surface area contributed by atoms with Crippen molar-refractivity contribution in [1.82, 2.24) is 15.0 Å². The van der Waals surface area contributed by atoms with Crippen molar-refractivity contribution >= 4 is 0 Å². The van der Waals surface area contributed by atoms with E-state index in [-0.39, 0.29) is 5.41 Å². The topological polar surface area (TPSA) is 62.5 Å². The maximum absolute atomic E-state index is 9.64. The Morgan fingerprint density at radius 2 is 1.00 bits per heavy atom. The smallest absolute Gasteiger partial charge is 0.160 e. The molecule has 1 aliphatic rings. The van der Waals surface area contributed by atoms with Gasteiger partial charge in [0.25, 0.3) is 0 Å². The highest BCUT2D eigenvalue weighted by molar-refractivity contribution is 5.87. The lowest BCUT2D eigenvalue weighted by molar-refractivity contribution is 0.660. The van der Waals surface area contributed by atoms with E-state index in [0.717, 1.165) is 55.9 Å². The van der Waals surface area contributed by atoms with Gasteiger partial charge in [0.15, 0.2) is 5.82 Å². The Bertz CT molecular complexity index is 2670. The fourth-order valence-corrected chi connectivity index (χ4v) is 7.55. The van der Waals surface area contributed by atoms with E-state index >= 15 is 0 Å². The molecular formula is C49H34N4. The van der Waals surface area contributed by atoms with Crippen LogP contribution in [0.15, 0.2) is 170 Å². The molecule has 0 N–H and O–H groups in total. The minimum Gasteiger partial charge on any atom is -0.264 e. The van der Waals surface area contributed by atoms with Crippen molar-refractivity contribution in [2.45, 2.75) is 19.3 Å². The van der Waals surface area contributed by atoms with Crippen molar-refractivity contribution in [2.24, 2.45) is 0 Å². The van der Waals surface area contributed by atoms with Gasteiger partial charge in [0.1, 0.15) is 0 Å². The van der Waals surface area contributed by atoms with E-state index in [4.69, 9.17) is 9.97 Å². The van der Waals surface area contributed by atoms with Crippen molar-refractivity contribution in [3.63, 3.8) is 0 Å². The van der Waals surface area contributed by atoms with E-state index in [1.165, 1.54) is 27.8 Å². The highest BCUT2D eigenvalue weighted by Crippen LogP contribution is 2.50. The number of hydrogen-bond acceptors (Lipinski definition) is 4. The molecule has 0 amide bonds. The predicted molar refractivity (Wildman–Crippen MR) is 215 cm³/mol. The zero-order valence-corrected chi connectivity index (χ0v) is 29.5. The summed E-state index contributed by atoms with van der Waals surface area (Å²) in [5, 5.41) is 9.64. The summed E-state index contributed by atoms with van der Waals surface area (Å²) >= 11 is 0. The molecule has 0 radical (unpaired) electrons. The minimum atomic E-state index is -0.250. The maximum Gasteiger partial charge on any atom is 0.160 e. The van der Waals surface area contributed by atoms with Gasteiger partial charge in [-0.25, -0.2) is 9.97 Å². The second kappa shape index (κ2) is 13.0. The number of rotatable bonds is 6. The van der Waals surface area contributed by atoms with E-state index in [0.29, 0.717) is 11.4 Å². The molecule has 250 valence electrons. The van der Waals surface area contributed by atoms with Crippen LogP contribution < -0.4 is 0 Å². The Morgan fingerprint density at radius 1 is 0.453 bits per heavy atom. The molecule has 0 saturated carbocycles. The molecule has 0 spiro atoms. The summed E-state index contributed by atoms with van der Waals surface area (Å²) < 4.78 is 0. The molecule has 4 heteroatoms. The number of pyridine rings is 1. The molecule has 0 saturated heterocycles. The van der Waals surface area contributed by atoms with E-state index in [9.17, 15) is 5.26 Å². The van der Waals surface area contributed by atoms with Gasteiger partial charge in [-0.1, -0.05) is 123 Å². The van der Waals surface area contributed by atoms with Crippen LogP contribution in [0.5, 0.6) is 0 Å². The second-order valence-electron chi connectivity index (χ2n) is 14.1. The second-order valence-corrected chi connectivity index (χ2v) is 14.1. The van der Waals surface area contributed by atoms with E-state index < -0.39 is 0 Å². The Balaban J connectivity index is 1.20. The molecule has 6 aromatic carbocycles. The SMILES string of the molecule is CC1(C)c2cc(C#N)ccc2-c2ccc(-c3cc(-c4cccnc4)cc(-c4cc(-c5ccccc5)nc(-c5ccc(-c6ccccc6)cc5)n4)c3)cc21. The average molecular weight is 679 g/mol. The van der Waals surface area contributed by atoms with Gasteiger partial charge in [-0.15, -0.1) is 0 Å². The van der Waals surface area contributed by atoms with Crippen LogP contribution in [-0.4, -0.2) is 15.0 Å². The number of fused-ring (bicyclic) bond motifs is 3. The third kappa shape index (κ3) is 5.89. The Kier molecular flexibility index (Phi) is 7.83. The molecule has 8 aromatic rings. The van der Waals surface area contributed by atoms with Gasteiger partial charge in [0.05, 0.1) is 23.0 Å². The van der Waals surface area contributed by atoms with Crippen molar-refractivity contribution in [2.75, 3.05) is 0 Å². The molecule has 0 unspecified atom stereocenters. The monoisotopic (exact) mass is 678 g/mol. The third-order valence-corrected chi connectivity index (χ3v) is 10.4. The van der Waals surface area contributed by atoms with Gasteiger partial charge in [0, 0.05) is 40.1 Å². The van der Waals surface area contributed by atoms with Crippen LogP contribution in [0.2, 0.25) is 0 Å². The molecule has 0 bridgehead atoms. The van der Waals surface area contributed by atoms with Crippen molar-refractivity contribution in [1.29, 1.82) is 5.26 Å². The summed E-state index contributed by atoms with van der Waals surface area (Å²) in [7, 11) is 0. The summed E-state index contributed by atoms with van der Waals surface area (Å²) in [5.41, 5.74) is 16.6. The molecule has 2 aromatic heterocycles. The third-order valence-electron chi connectivity index (χ3n) is 10.4. The number of aromatic nitrogens is 3. The lowest BCUT2D eigenvalue weighted by Gasteiger charge is -2.22. The lowest BCUT2D eigenvalue weighted by atomic mass is 9.81. The molecule has 2 heterocycles. The van der Waals surface area contributed by atoms with Gasteiger partial charge >= 0.3 is 0 Å². The summed E-state index contributed by atoms with van der Waals surface area (Å²) in [6.07, 6.45) is 3.71. The first kappa shape index (κ1) is 32.0. The van der Waals surface area contributed by atoms with Crippen LogP contribution in [0, 0.1) is 11.3 Å². The molecule has 4 nitrogen and oxygen atoms in total. The highest BCUT2D eigenvalue weighted by Gasteiger charge is 2.36. The summed E-state index contributed by atoms with van der Waals surface area (Å²) in [6.45, 7) is 4.50. The molecule has 0 fully saturated rings. The quantitative estimate of drug-likeness (QED) is 0.176. The first-order valence-corrected chi connectivity index (χ1v) is 17.8. The van der Waals surface area contributed by atoms with Crippen LogP contribution in [0.3, 0.4) is 0 Å². The van der Waals surface area contributed by atoms with Crippen LogP contribution in [0.4, 0.5) is 0 Å². The van der Waals surface area contributed by atoms with Crippen molar-refractivity contribution in [3.8, 4) is 84.5 Å². The summed E-state index contributed by atoms with van der Waals surface area (Å²) in [4.78, 5) is 14.8.